The van der Waals surface area contributed by atoms with Gasteiger partial charge >= 0.3 is 0 Å². The Labute approximate surface area is 176 Å². The molecule has 0 spiro atoms. The third-order valence-corrected chi connectivity index (χ3v) is 7.12. The molecule has 154 valence electrons. The maximum Gasteiger partial charge on any atom is 0.246 e. The van der Waals surface area contributed by atoms with Gasteiger partial charge in [0.2, 0.25) is 5.91 Å². The molecule has 0 bridgehead atoms. The van der Waals surface area contributed by atoms with Crippen molar-refractivity contribution in [3.63, 3.8) is 0 Å². The highest BCUT2D eigenvalue weighted by molar-refractivity contribution is 7.90. The van der Waals surface area contributed by atoms with Crippen LogP contribution in [0.2, 0.25) is 0 Å². The molecule has 0 unspecified atom stereocenters. The molecule has 0 aliphatic rings. The van der Waals surface area contributed by atoms with E-state index in [1.54, 1.807) is 28.8 Å². The van der Waals surface area contributed by atoms with Crippen molar-refractivity contribution in [1.82, 2.24) is 9.55 Å². The molecule has 0 saturated heterocycles. The van der Waals surface area contributed by atoms with Crippen LogP contribution in [0, 0.1) is 12.7 Å². The lowest BCUT2D eigenvalue weighted by molar-refractivity contribution is -0.116. The molecule has 0 aliphatic carbocycles. The van der Waals surface area contributed by atoms with Crippen LogP contribution in [0.3, 0.4) is 0 Å². The first-order valence-corrected chi connectivity index (χ1v) is 11.6. The molecule has 4 aromatic rings. The van der Waals surface area contributed by atoms with Gasteiger partial charge in [-0.3, -0.25) is 4.79 Å². The number of nitrogens with one attached hydrogen (secondary N) is 1. The van der Waals surface area contributed by atoms with E-state index in [0.717, 1.165) is 5.69 Å². The van der Waals surface area contributed by atoms with E-state index in [4.69, 9.17) is 0 Å². The average molecular weight is 444 g/mol. The van der Waals surface area contributed by atoms with Crippen LogP contribution in [0.4, 0.5) is 9.52 Å². The maximum absolute atomic E-state index is 13.1. The smallest absolute Gasteiger partial charge is 0.246 e. The summed E-state index contributed by atoms with van der Waals surface area (Å²) >= 11 is 1.33. The van der Waals surface area contributed by atoms with Crippen LogP contribution in [-0.4, -0.2) is 23.9 Å². The van der Waals surface area contributed by atoms with Gasteiger partial charge in [0.25, 0.3) is 0 Å². The van der Waals surface area contributed by atoms with Crippen LogP contribution >= 0.6 is 11.3 Å². The Kier molecular flexibility index (Phi) is 5.40. The monoisotopic (exact) mass is 443 g/mol. The van der Waals surface area contributed by atoms with Crippen LogP contribution < -0.4 is 5.32 Å². The number of fused-ring (bicyclic) bond motifs is 1. The number of rotatable bonds is 6. The lowest BCUT2D eigenvalue weighted by atomic mass is 10.2. The van der Waals surface area contributed by atoms with Gasteiger partial charge in [-0.1, -0.05) is 30.3 Å². The summed E-state index contributed by atoms with van der Waals surface area (Å²) in [4.78, 5) is 16.8. The minimum atomic E-state index is -3.71. The van der Waals surface area contributed by atoms with Crippen molar-refractivity contribution in [2.75, 3.05) is 5.32 Å². The predicted octanol–water partition coefficient (Wildman–Crippen LogP) is 4.16. The number of hydrogen-bond acceptors (Lipinski definition) is 5. The van der Waals surface area contributed by atoms with Crippen molar-refractivity contribution in [2.24, 2.45) is 0 Å². The van der Waals surface area contributed by atoms with E-state index in [1.807, 2.05) is 12.3 Å². The third-order valence-electron chi connectivity index (χ3n) is 4.54. The van der Waals surface area contributed by atoms with E-state index in [1.165, 1.54) is 41.8 Å². The molecule has 0 saturated carbocycles. The van der Waals surface area contributed by atoms with E-state index in [2.05, 4.69) is 10.3 Å². The second kappa shape index (κ2) is 8.00. The Morgan fingerprint density at radius 3 is 2.60 bits per heavy atom. The second-order valence-electron chi connectivity index (χ2n) is 6.87. The van der Waals surface area contributed by atoms with Crippen LogP contribution in [0.25, 0.3) is 10.9 Å². The van der Waals surface area contributed by atoms with Crippen molar-refractivity contribution >= 4 is 43.1 Å². The molecule has 0 aliphatic heterocycles. The van der Waals surface area contributed by atoms with Crippen LogP contribution in [0.1, 0.15) is 11.3 Å². The second-order valence-corrected chi connectivity index (χ2v) is 9.68. The molecule has 9 heteroatoms. The fraction of sp³-hybridized carbons (Fsp3) is 0.143. The molecule has 0 fully saturated rings. The van der Waals surface area contributed by atoms with Gasteiger partial charge in [0.05, 0.1) is 16.3 Å². The Bertz CT molecular complexity index is 1330. The number of carbonyl (C=O) groups is 1. The number of carbonyl (C=O) groups excluding carboxylic acids is 1. The number of anilines is 1. The normalized spacial score (nSPS) is 11.7. The topological polar surface area (TPSA) is 81.1 Å². The minimum absolute atomic E-state index is 0.0504. The Morgan fingerprint density at radius 2 is 1.90 bits per heavy atom. The SMILES string of the molecule is Cc1csc(NC(=O)Cn2cc(S(=O)(=O)Cc3ccc(F)cc3)c3ccccc32)n1. The van der Waals surface area contributed by atoms with E-state index in [0.29, 0.717) is 21.6 Å². The standard InChI is InChI=1S/C21H18FN3O3S2/c1-14-12-29-21(23-14)24-20(26)11-25-10-19(17-4-2-3-5-18(17)25)30(27,28)13-15-6-8-16(22)9-7-15/h2-10,12H,11,13H2,1H3,(H,23,24,26). The highest BCUT2D eigenvalue weighted by Gasteiger charge is 2.22. The van der Waals surface area contributed by atoms with Gasteiger partial charge in [0.15, 0.2) is 15.0 Å². The summed E-state index contributed by atoms with van der Waals surface area (Å²) in [6, 6.07) is 12.4. The molecule has 6 nitrogen and oxygen atoms in total. The fourth-order valence-corrected chi connectivity index (χ4v) is 5.48. The Balaban J connectivity index is 1.64. The zero-order valence-corrected chi connectivity index (χ0v) is 17.6. The average Bonchev–Trinajstić information content (AvgIpc) is 3.27. The summed E-state index contributed by atoms with van der Waals surface area (Å²) in [5.74, 6) is -0.979. The number of halogens is 1. The van der Waals surface area contributed by atoms with E-state index >= 15 is 0 Å². The summed E-state index contributed by atoms with van der Waals surface area (Å²) in [6.45, 7) is 1.79. The van der Waals surface area contributed by atoms with Crippen molar-refractivity contribution in [3.8, 4) is 0 Å². The summed E-state index contributed by atoms with van der Waals surface area (Å²) < 4.78 is 40.9. The van der Waals surface area contributed by atoms with E-state index in [9.17, 15) is 17.6 Å². The van der Waals surface area contributed by atoms with Crippen LogP contribution in [-0.2, 0) is 26.9 Å². The van der Waals surface area contributed by atoms with Crippen molar-refractivity contribution in [3.05, 3.63) is 77.2 Å². The first kappa shape index (κ1) is 20.2. The highest BCUT2D eigenvalue weighted by Crippen LogP contribution is 2.28. The first-order chi connectivity index (χ1) is 14.3. The van der Waals surface area contributed by atoms with Gasteiger partial charge < -0.3 is 9.88 Å². The number of amides is 1. The molecule has 2 heterocycles. The maximum atomic E-state index is 13.1. The zero-order chi connectivity index (χ0) is 21.3. The number of nitrogens with zero attached hydrogens (tertiary/aromatic N) is 2. The van der Waals surface area contributed by atoms with Gasteiger partial charge in [-0.15, -0.1) is 11.3 Å². The largest absolute Gasteiger partial charge is 0.337 e. The molecular weight excluding hydrogens is 425 g/mol. The predicted molar refractivity (Wildman–Crippen MR) is 115 cm³/mol. The third kappa shape index (κ3) is 4.27. The number of hydrogen-bond donors (Lipinski definition) is 1. The molecular formula is C21H18FN3O3S2. The van der Waals surface area contributed by atoms with Crippen LogP contribution in [0.5, 0.6) is 0 Å². The number of sulfone groups is 1. The molecule has 0 radical (unpaired) electrons. The van der Waals surface area contributed by atoms with Gasteiger partial charge in [0, 0.05) is 22.5 Å². The number of aromatic nitrogens is 2. The van der Waals surface area contributed by atoms with E-state index in [-0.39, 0.29) is 23.1 Å². The highest BCUT2D eigenvalue weighted by atomic mass is 32.2. The molecule has 0 atom stereocenters. The quantitative estimate of drug-likeness (QED) is 0.485. The summed E-state index contributed by atoms with van der Waals surface area (Å²) in [5.41, 5.74) is 1.95. The number of aryl methyl sites for hydroxylation is 1. The van der Waals surface area contributed by atoms with Crippen LogP contribution in [0.15, 0.2) is 65.0 Å². The van der Waals surface area contributed by atoms with Crippen molar-refractivity contribution < 1.29 is 17.6 Å². The Hall–Kier alpha value is -3.04. The molecule has 2 aromatic carbocycles. The Morgan fingerprint density at radius 1 is 1.17 bits per heavy atom. The summed E-state index contributed by atoms with van der Waals surface area (Å²) in [6.07, 6.45) is 1.48. The summed E-state index contributed by atoms with van der Waals surface area (Å²) in [7, 11) is -3.71. The molecule has 1 N–H and O–H groups in total. The number of benzene rings is 2. The number of para-hydroxylation sites is 1. The van der Waals surface area contributed by atoms with Crippen molar-refractivity contribution in [1.29, 1.82) is 0 Å². The van der Waals surface area contributed by atoms with Gasteiger partial charge in [0.1, 0.15) is 12.4 Å². The lowest BCUT2D eigenvalue weighted by Crippen LogP contribution is -2.18. The van der Waals surface area contributed by atoms with E-state index < -0.39 is 15.7 Å². The van der Waals surface area contributed by atoms with Gasteiger partial charge in [-0.05, 0) is 30.7 Å². The molecule has 1 amide bonds. The summed E-state index contributed by atoms with van der Waals surface area (Å²) in [5, 5.41) is 5.60. The van der Waals surface area contributed by atoms with Gasteiger partial charge in [-0.25, -0.2) is 17.8 Å². The molecule has 4 rings (SSSR count). The molecule has 2 aromatic heterocycles. The first-order valence-electron chi connectivity index (χ1n) is 9.09. The zero-order valence-electron chi connectivity index (χ0n) is 16.0. The van der Waals surface area contributed by atoms with Crippen molar-refractivity contribution in [2.45, 2.75) is 24.1 Å². The number of thiazole rings is 1. The lowest BCUT2D eigenvalue weighted by Gasteiger charge is -2.05. The fourth-order valence-electron chi connectivity index (χ4n) is 3.19. The van der Waals surface area contributed by atoms with Gasteiger partial charge in [-0.2, -0.15) is 0 Å². The minimum Gasteiger partial charge on any atom is -0.337 e. The molecule has 30 heavy (non-hydrogen) atoms.